The van der Waals surface area contributed by atoms with E-state index in [1.165, 1.54) is 0 Å². The van der Waals surface area contributed by atoms with E-state index in [0.717, 1.165) is 0 Å². The Morgan fingerprint density at radius 3 is 0.500 bits per heavy atom. The number of rotatable bonds is 0. The van der Waals surface area contributed by atoms with Crippen molar-refractivity contribution in [1.29, 1.82) is 0 Å². The summed E-state index contributed by atoms with van der Waals surface area (Å²) in [7, 11) is 0. The van der Waals surface area contributed by atoms with Crippen LogP contribution in [0.5, 0.6) is 0 Å². The van der Waals surface area contributed by atoms with Gasteiger partial charge in [0.25, 0.3) is 0 Å². The van der Waals surface area contributed by atoms with E-state index in [2.05, 4.69) is 0 Å². The van der Waals surface area contributed by atoms with Crippen molar-refractivity contribution in [2.24, 2.45) is 0 Å². The molecule has 4 N–H and O–H groups in total. The molecule has 4 nitrogen and oxygen atoms in total. The normalized spacial score (nSPS) is 0. The van der Waals surface area contributed by atoms with Gasteiger partial charge in [-0.1, -0.05) is 0 Å². The minimum absolute atomic E-state index is 0. The summed E-state index contributed by atoms with van der Waals surface area (Å²) >= 11 is 0. The van der Waals surface area contributed by atoms with Gasteiger partial charge in [0.2, 0.25) is 0 Å². The fraction of sp³-hybridized carbons (Fsp3) is 0. The van der Waals surface area contributed by atoms with E-state index in [4.69, 9.17) is 0 Å². The second-order valence-corrected chi connectivity index (χ2v) is 0. The van der Waals surface area contributed by atoms with E-state index >= 15 is 0 Å². The molecular weight excluding hydrogens is 219 g/mol. The first kappa shape index (κ1) is 244. The molecule has 0 bridgehead atoms. The van der Waals surface area contributed by atoms with Crippen LogP contribution in [0.1, 0.15) is 0 Å². The molecule has 0 aromatic carbocycles. The molecule has 0 aliphatic rings. The van der Waals surface area contributed by atoms with Crippen molar-refractivity contribution < 1.29 is 59.5 Å². The van der Waals surface area contributed by atoms with Crippen LogP contribution in [0.4, 0.5) is 0 Å². The van der Waals surface area contributed by atoms with Gasteiger partial charge in [0.05, 0.1) is 0 Å². The Bertz CT molecular complexity index is 7.51. The Morgan fingerprint density at radius 2 is 0.500 bits per heavy atom. The van der Waals surface area contributed by atoms with Gasteiger partial charge in [0.15, 0.2) is 0 Å². The molecular formula is H4MoNiO4. The summed E-state index contributed by atoms with van der Waals surface area (Å²) < 4.78 is 0. The van der Waals surface area contributed by atoms with Crippen molar-refractivity contribution in [3.05, 3.63) is 0 Å². The molecule has 0 saturated heterocycles. The predicted octanol–water partition coefficient (Wildman–Crippen LogP) is -0.712. The quantitative estimate of drug-likeness (QED) is 0.503. The third-order valence-corrected chi connectivity index (χ3v) is 0. The van der Waals surface area contributed by atoms with E-state index < -0.39 is 0 Å². The molecule has 0 aromatic heterocycles. The van der Waals surface area contributed by atoms with Crippen LogP contribution in [0, 0.1) is 0 Å². The standard InChI is InChI=1S/Mo.Ni.4H2O/h;;4*1H2/q2*+2;;;;/p-4. The second kappa shape index (κ2) is 145. The smallest absolute Gasteiger partial charge is 0.870 e. The monoisotopic (exact) mass is 224 g/mol. The predicted molar refractivity (Wildman–Crippen MR) is 7.74 cm³/mol. The minimum Gasteiger partial charge on any atom is -0.870 e. The Kier molecular flexibility index (Phi) is 5910. The van der Waals surface area contributed by atoms with Gasteiger partial charge in [0.1, 0.15) is 0 Å². The van der Waals surface area contributed by atoms with E-state index in [1.807, 2.05) is 0 Å². The largest absolute Gasteiger partial charge is 2.00 e. The summed E-state index contributed by atoms with van der Waals surface area (Å²) in [6.07, 6.45) is 0. The van der Waals surface area contributed by atoms with Crippen LogP contribution >= 0.6 is 0 Å². The first-order valence-electron chi connectivity index (χ1n) is 0. The zero-order chi connectivity index (χ0) is 0. The molecule has 0 radical (unpaired) electrons. The third-order valence-electron chi connectivity index (χ3n) is 0. The minimum atomic E-state index is 0. The maximum atomic E-state index is 0. The van der Waals surface area contributed by atoms with E-state index in [1.54, 1.807) is 0 Å². The Balaban J connectivity index is 0. The molecule has 0 rings (SSSR count). The Hall–Kier alpha value is 1.02. The SMILES string of the molecule is [Mo+2].[Ni+2].[OH-].[OH-].[OH-].[OH-]. The summed E-state index contributed by atoms with van der Waals surface area (Å²) in [6, 6.07) is 0. The van der Waals surface area contributed by atoms with Crippen molar-refractivity contribution in [2.45, 2.75) is 0 Å². The van der Waals surface area contributed by atoms with Gasteiger partial charge in [0, 0.05) is 0 Å². The van der Waals surface area contributed by atoms with Crippen LogP contribution in [-0.2, 0) is 37.6 Å². The molecule has 0 saturated carbocycles. The van der Waals surface area contributed by atoms with Crippen molar-refractivity contribution in [2.75, 3.05) is 0 Å². The number of hydrogen-bond donors (Lipinski definition) is 0. The summed E-state index contributed by atoms with van der Waals surface area (Å²) in [6.45, 7) is 0. The molecule has 0 aliphatic carbocycles. The zero-order valence-electron chi connectivity index (χ0n) is 2.51. The Labute approximate surface area is 59.7 Å². The third kappa shape index (κ3) is 77.8. The average molecular weight is 223 g/mol. The van der Waals surface area contributed by atoms with Crippen molar-refractivity contribution >= 4 is 0 Å². The molecule has 0 aliphatic heterocycles. The van der Waals surface area contributed by atoms with E-state index in [9.17, 15) is 0 Å². The van der Waals surface area contributed by atoms with Crippen LogP contribution in [-0.4, -0.2) is 21.9 Å². The van der Waals surface area contributed by atoms with E-state index in [-0.39, 0.29) is 59.5 Å². The van der Waals surface area contributed by atoms with Crippen LogP contribution in [0.2, 0.25) is 0 Å². The van der Waals surface area contributed by atoms with Crippen molar-refractivity contribution in [1.82, 2.24) is 0 Å². The van der Waals surface area contributed by atoms with Gasteiger partial charge in [-0.2, -0.15) is 0 Å². The van der Waals surface area contributed by atoms with Gasteiger partial charge in [-0.25, -0.2) is 0 Å². The Morgan fingerprint density at radius 1 is 0.500 bits per heavy atom. The van der Waals surface area contributed by atoms with Crippen LogP contribution in [0.25, 0.3) is 0 Å². The van der Waals surface area contributed by atoms with E-state index in [0.29, 0.717) is 0 Å². The molecule has 0 aromatic rings. The maximum absolute atomic E-state index is 0. The topological polar surface area (TPSA) is 120 Å². The fourth-order valence-electron chi connectivity index (χ4n) is 0. The average Bonchev–Trinajstić information content (AvgIpc) is 0. The molecule has 44 valence electrons. The first-order chi connectivity index (χ1) is 0. The van der Waals surface area contributed by atoms with Gasteiger partial charge in [-0.15, -0.1) is 0 Å². The molecule has 0 atom stereocenters. The zero-order valence-corrected chi connectivity index (χ0v) is 5.51. The van der Waals surface area contributed by atoms with Crippen LogP contribution in [0.15, 0.2) is 0 Å². The van der Waals surface area contributed by atoms with Crippen molar-refractivity contribution in [3.8, 4) is 0 Å². The van der Waals surface area contributed by atoms with Crippen LogP contribution < -0.4 is 0 Å². The molecule has 0 spiro atoms. The summed E-state index contributed by atoms with van der Waals surface area (Å²) in [5.41, 5.74) is 0. The molecule has 6 heteroatoms. The van der Waals surface area contributed by atoms with Crippen molar-refractivity contribution in [3.63, 3.8) is 0 Å². The van der Waals surface area contributed by atoms with Gasteiger partial charge < -0.3 is 21.9 Å². The summed E-state index contributed by atoms with van der Waals surface area (Å²) in [5.74, 6) is 0. The first-order valence-corrected chi connectivity index (χ1v) is 0. The number of hydrogen-bond acceptors (Lipinski definition) is 4. The molecule has 0 amide bonds. The molecule has 0 unspecified atom stereocenters. The molecule has 6 heavy (non-hydrogen) atoms. The second-order valence-electron chi connectivity index (χ2n) is 0. The summed E-state index contributed by atoms with van der Waals surface area (Å²) in [5, 5.41) is 0. The van der Waals surface area contributed by atoms with Gasteiger partial charge in [-0.3, -0.25) is 0 Å². The molecule has 0 fully saturated rings. The van der Waals surface area contributed by atoms with Gasteiger partial charge >= 0.3 is 37.6 Å². The van der Waals surface area contributed by atoms with Gasteiger partial charge in [-0.05, 0) is 0 Å². The maximum Gasteiger partial charge on any atom is 2.00 e. The summed E-state index contributed by atoms with van der Waals surface area (Å²) in [4.78, 5) is 0. The fourth-order valence-corrected chi connectivity index (χ4v) is 0. The molecule has 0 heterocycles. The van der Waals surface area contributed by atoms with Crippen LogP contribution in [0.3, 0.4) is 0 Å².